The van der Waals surface area contributed by atoms with Crippen LogP contribution >= 0.6 is 0 Å². The summed E-state index contributed by atoms with van der Waals surface area (Å²) >= 11 is 0. The maximum Gasteiger partial charge on any atom is 0.251 e. The van der Waals surface area contributed by atoms with Crippen LogP contribution in [0.15, 0.2) is 30.3 Å². The van der Waals surface area contributed by atoms with Crippen molar-refractivity contribution in [1.82, 2.24) is 20.6 Å². The van der Waals surface area contributed by atoms with Gasteiger partial charge in [0.1, 0.15) is 23.7 Å². The summed E-state index contributed by atoms with van der Waals surface area (Å²) in [5.41, 5.74) is 2.83. The Morgan fingerprint density at radius 1 is 1.14 bits per heavy atom. The van der Waals surface area contributed by atoms with E-state index in [2.05, 4.69) is 31.4 Å². The summed E-state index contributed by atoms with van der Waals surface area (Å²) in [5, 5.41) is 28.8. The maximum atomic E-state index is 15.6. The number of hydroxylamine groups is 2. The first kappa shape index (κ1) is 38.0. The summed E-state index contributed by atoms with van der Waals surface area (Å²) in [5.74, 6) is -0.105. The fourth-order valence-electron chi connectivity index (χ4n) is 8.53. The van der Waals surface area contributed by atoms with Gasteiger partial charge in [-0.25, -0.2) is 4.39 Å². The number of aliphatic hydroxyl groups is 2. The Labute approximate surface area is 296 Å². The van der Waals surface area contributed by atoms with Gasteiger partial charge in [-0.05, 0) is 92.9 Å². The van der Waals surface area contributed by atoms with Gasteiger partial charge in [-0.2, -0.15) is 5.06 Å². The van der Waals surface area contributed by atoms with Gasteiger partial charge in [-0.15, -0.1) is 0 Å². The molecule has 1 aliphatic heterocycles. The van der Waals surface area contributed by atoms with E-state index in [4.69, 9.17) is 9.57 Å². The highest BCUT2D eigenvalue weighted by Gasteiger charge is 2.57. The number of fused-ring (bicyclic) bond motifs is 2. The van der Waals surface area contributed by atoms with E-state index in [0.717, 1.165) is 12.1 Å². The lowest BCUT2D eigenvalue weighted by atomic mass is 9.45. The van der Waals surface area contributed by atoms with Gasteiger partial charge in [-0.1, -0.05) is 20.8 Å². The molecule has 3 aliphatic carbocycles. The quantitative estimate of drug-likeness (QED) is 0.249. The van der Waals surface area contributed by atoms with Gasteiger partial charge >= 0.3 is 0 Å². The number of halogens is 1. The van der Waals surface area contributed by atoms with Crippen molar-refractivity contribution in [3.63, 3.8) is 0 Å². The molecule has 2 aromatic rings. The number of benzene rings is 2. The molecule has 11 nitrogen and oxygen atoms in total. The zero-order chi connectivity index (χ0) is 36.7. The van der Waals surface area contributed by atoms with Crippen LogP contribution in [0.25, 0.3) is 11.1 Å². The SMILES string of the molecule is COc1c(CN2O[C@@H](CO)[C@@H]([C@H](C)O)[C@H]2C(=O)N[C@H]2C[C@H]3C[C@@H]([C@@H]2C)C3(C)C)cc(F)cc1-c1cc(C(=O)NCCN(C)C)cc(N(C)C)c1. The summed E-state index contributed by atoms with van der Waals surface area (Å²) < 4.78 is 21.5. The number of carbonyl (C=O) groups excluding carboxylic acids is 2. The lowest BCUT2D eigenvalue weighted by molar-refractivity contribution is -0.183. The van der Waals surface area contributed by atoms with Crippen molar-refractivity contribution in [2.45, 2.75) is 71.4 Å². The summed E-state index contributed by atoms with van der Waals surface area (Å²) in [4.78, 5) is 37.4. The molecule has 12 heteroatoms. The van der Waals surface area contributed by atoms with Crippen molar-refractivity contribution < 1.29 is 33.8 Å². The summed E-state index contributed by atoms with van der Waals surface area (Å²) in [6.07, 6.45) is 0.246. The van der Waals surface area contributed by atoms with Crippen LogP contribution in [0.4, 0.5) is 10.1 Å². The molecule has 4 aliphatic rings. The third-order valence-electron chi connectivity index (χ3n) is 11.6. The van der Waals surface area contributed by atoms with Gasteiger partial charge in [0, 0.05) is 61.5 Å². The van der Waals surface area contributed by atoms with E-state index in [1.54, 1.807) is 19.1 Å². The monoisotopic (exact) mass is 697 g/mol. The molecular weight excluding hydrogens is 641 g/mol. The maximum absolute atomic E-state index is 15.6. The number of likely N-dealkylation sites (N-methyl/N-ethyl adjacent to an activating group) is 1. The van der Waals surface area contributed by atoms with Crippen molar-refractivity contribution in [3.05, 3.63) is 47.3 Å². The van der Waals surface area contributed by atoms with Crippen molar-refractivity contribution in [2.75, 3.05) is 59.9 Å². The average Bonchev–Trinajstić information content (AvgIpc) is 3.43. The number of nitrogens with one attached hydrogen (secondary N) is 2. The van der Waals surface area contributed by atoms with Crippen molar-refractivity contribution >= 4 is 17.5 Å². The Balaban J connectivity index is 1.47. The number of amides is 2. The molecule has 3 saturated carbocycles. The average molecular weight is 698 g/mol. The second-order valence-corrected chi connectivity index (χ2v) is 15.6. The van der Waals surface area contributed by atoms with Crippen LogP contribution in [-0.4, -0.2) is 111 Å². The number of anilines is 1. The number of methoxy groups -OCH3 is 1. The lowest BCUT2D eigenvalue weighted by Gasteiger charge is -2.62. The summed E-state index contributed by atoms with van der Waals surface area (Å²) in [7, 11) is 9.09. The highest BCUT2D eigenvalue weighted by Crippen LogP contribution is 2.61. The smallest absolute Gasteiger partial charge is 0.251 e. The molecule has 2 bridgehead atoms. The number of nitrogens with zero attached hydrogens (tertiary/aromatic N) is 3. The Morgan fingerprint density at radius 2 is 1.86 bits per heavy atom. The first-order valence-electron chi connectivity index (χ1n) is 17.7. The lowest BCUT2D eigenvalue weighted by Crippen LogP contribution is -2.62. The normalized spacial score (nSPS) is 27.8. The first-order chi connectivity index (χ1) is 23.6. The Morgan fingerprint density at radius 3 is 2.44 bits per heavy atom. The van der Waals surface area contributed by atoms with Crippen LogP contribution in [0.5, 0.6) is 5.75 Å². The molecule has 2 amide bonds. The van der Waals surface area contributed by atoms with E-state index in [1.165, 1.54) is 30.7 Å². The molecular formula is C38H56FN5O6. The molecule has 0 spiro atoms. The van der Waals surface area contributed by atoms with E-state index < -0.39 is 36.6 Å². The Kier molecular flexibility index (Phi) is 11.5. The predicted molar refractivity (Wildman–Crippen MR) is 191 cm³/mol. The molecule has 1 heterocycles. The molecule has 4 N–H and O–H groups in total. The van der Waals surface area contributed by atoms with E-state index in [-0.39, 0.29) is 35.7 Å². The van der Waals surface area contributed by atoms with E-state index in [0.29, 0.717) is 52.9 Å². The molecule has 4 fully saturated rings. The molecule has 8 atom stereocenters. The number of hydrogen-bond donors (Lipinski definition) is 4. The van der Waals surface area contributed by atoms with Crippen LogP contribution in [0.2, 0.25) is 0 Å². The van der Waals surface area contributed by atoms with Gasteiger partial charge < -0.3 is 35.4 Å². The minimum absolute atomic E-state index is 0.0162. The van der Waals surface area contributed by atoms with Crippen molar-refractivity contribution in [3.8, 4) is 16.9 Å². The zero-order valence-electron chi connectivity index (χ0n) is 31.0. The van der Waals surface area contributed by atoms with Gasteiger partial charge in [0.2, 0.25) is 5.91 Å². The van der Waals surface area contributed by atoms with Crippen molar-refractivity contribution in [2.24, 2.45) is 29.1 Å². The predicted octanol–water partition coefficient (Wildman–Crippen LogP) is 3.52. The zero-order valence-corrected chi connectivity index (χ0v) is 31.0. The molecule has 0 aromatic heterocycles. The minimum Gasteiger partial charge on any atom is -0.496 e. The van der Waals surface area contributed by atoms with Gasteiger partial charge in [-0.3, -0.25) is 14.4 Å². The highest BCUT2D eigenvalue weighted by atomic mass is 19.1. The summed E-state index contributed by atoms with van der Waals surface area (Å²) in [6, 6.07) is 7.10. The third kappa shape index (κ3) is 7.50. The second kappa shape index (κ2) is 15.1. The van der Waals surface area contributed by atoms with E-state index in [9.17, 15) is 19.8 Å². The number of ether oxygens (including phenoxy) is 1. The van der Waals surface area contributed by atoms with Crippen LogP contribution < -0.4 is 20.3 Å². The molecule has 2 aromatic carbocycles. The number of hydrogen-bond acceptors (Lipinski definition) is 9. The largest absolute Gasteiger partial charge is 0.496 e. The van der Waals surface area contributed by atoms with E-state index >= 15 is 4.39 Å². The molecule has 6 rings (SSSR count). The minimum atomic E-state index is -0.968. The van der Waals surface area contributed by atoms with Crippen LogP contribution in [-0.2, 0) is 16.2 Å². The van der Waals surface area contributed by atoms with Gasteiger partial charge in [0.05, 0.1) is 26.4 Å². The highest BCUT2D eigenvalue weighted by molar-refractivity contribution is 5.97. The number of carbonyl (C=O) groups is 2. The standard InChI is InChI=1S/C38H56FN5O6/c1-21-30-16-26(38(30,3)4)17-31(21)41-37(48)34-33(22(2)46)32(20-45)50-44(34)19-25-13-27(39)18-29(35(25)49-9)23-12-24(15-28(14-23)43(7)8)36(47)40-10-11-42(5)6/h12-15,18,21-22,26,30-34,45-46H,10-11,16-17,19-20H2,1-9H3,(H,40,47)(H,41,48)/t21-,22-,26+,30-,31-,32-,33+,34-/m0/s1. The third-order valence-corrected chi connectivity index (χ3v) is 11.6. The summed E-state index contributed by atoms with van der Waals surface area (Å²) in [6.45, 7) is 9.08. The molecule has 50 heavy (non-hydrogen) atoms. The van der Waals surface area contributed by atoms with Gasteiger partial charge in [0.25, 0.3) is 5.91 Å². The topological polar surface area (TPSA) is 127 Å². The van der Waals surface area contributed by atoms with Crippen LogP contribution in [0.1, 0.15) is 56.5 Å². The molecule has 1 saturated heterocycles. The Bertz CT molecular complexity index is 1550. The second-order valence-electron chi connectivity index (χ2n) is 15.6. The van der Waals surface area contributed by atoms with Crippen molar-refractivity contribution in [1.29, 1.82) is 0 Å². The van der Waals surface area contributed by atoms with E-state index in [1.807, 2.05) is 44.1 Å². The fraction of sp³-hybridized carbons (Fsp3) is 0.632. The fourth-order valence-corrected chi connectivity index (χ4v) is 8.53. The number of rotatable bonds is 13. The molecule has 276 valence electrons. The van der Waals surface area contributed by atoms with Crippen LogP contribution in [0, 0.1) is 34.9 Å². The molecule has 0 radical (unpaired) electrons. The molecule has 0 unspecified atom stereocenters. The van der Waals surface area contributed by atoms with Gasteiger partial charge in [0.15, 0.2) is 0 Å². The first-order valence-corrected chi connectivity index (χ1v) is 17.7. The Hall–Kier alpha value is -3.29. The number of aliphatic hydroxyl groups excluding tert-OH is 2. The van der Waals surface area contributed by atoms with Crippen LogP contribution in [0.3, 0.4) is 0 Å².